The Kier molecular flexibility index (Phi) is 6.67. The Hall–Kier alpha value is 1.38. The lowest BCUT2D eigenvalue weighted by atomic mass is 10.1. The molecule has 0 amide bonds. The third-order valence-electron chi connectivity index (χ3n) is 1.46. The maximum atomic E-state index is 9.12. The molecule has 68 valence electrons. The fraction of sp³-hybridized carbons (Fsp3) is 1.00. The highest BCUT2D eigenvalue weighted by Crippen LogP contribution is 2.27. The Balaban J connectivity index is 3.44. The van der Waals surface area contributed by atoms with Gasteiger partial charge >= 0.3 is 0 Å². The number of halogens is 2. The molecule has 0 bridgehead atoms. The molecule has 0 aromatic heterocycles. The lowest BCUT2D eigenvalue weighted by Crippen LogP contribution is -2.30. The molecule has 11 heavy (non-hydrogen) atoms. The first-order valence-corrected chi connectivity index (χ1v) is 6.08. The van der Waals surface area contributed by atoms with Crippen LogP contribution >= 0.6 is 45.2 Å². The van der Waals surface area contributed by atoms with Crippen LogP contribution in [0.1, 0.15) is 32.6 Å². The highest BCUT2D eigenvalue weighted by molar-refractivity contribution is 14.1. The van der Waals surface area contributed by atoms with E-state index in [4.69, 9.17) is 10.2 Å². The van der Waals surface area contributed by atoms with Gasteiger partial charge in [-0.3, -0.25) is 0 Å². The Bertz CT molecular complexity index is 101. The van der Waals surface area contributed by atoms with Crippen LogP contribution in [-0.4, -0.2) is 17.9 Å². The molecule has 0 heterocycles. The predicted octanol–water partition coefficient (Wildman–Crippen LogP) is 2.44. The molecule has 4 heteroatoms. The molecule has 0 fully saturated rings. The van der Waals surface area contributed by atoms with Gasteiger partial charge in [0.15, 0.2) is 0 Å². The van der Waals surface area contributed by atoms with Crippen LogP contribution in [0.4, 0.5) is 0 Å². The van der Waals surface area contributed by atoms with Crippen LogP contribution in [0.5, 0.6) is 0 Å². The maximum Gasteiger partial charge on any atom is 0.228 e. The van der Waals surface area contributed by atoms with Crippen molar-refractivity contribution in [3.05, 3.63) is 0 Å². The minimum absolute atomic E-state index is 0.0627. The van der Waals surface area contributed by atoms with E-state index in [-0.39, 0.29) is 3.92 Å². The summed E-state index contributed by atoms with van der Waals surface area (Å²) in [7, 11) is 0. The molecule has 1 unspecified atom stereocenters. The van der Waals surface area contributed by atoms with E-state index >= 15 is 0 Å². The first kappa shape index (κ1) is 12.4. The van der Waals surface area contributed by atoms with Crippen LogP contribution < -0.4 is 0 Å². The van der Waals surface area contributed by atoms with Crippen molar-refractivity contribution in [2.45, 2.75) is 40.3 Å². The normalized spacial score (nSPS) is 15.0. The number of hydrogen-bond donors (Lipinski definition) is 2. The Morgan fingerprint density at radius 3 is 2.27 bits per heavy atom. The number of aliphatic hydroxyl groups is 2. The summed E-state index contributed by atoms with van der Waals surface area (Å²) in [5, 5.41) is 18.2. The summed E-state index contributed by atoms with van der Waals surface area (Å²) in [5.74, 6) is 0. The predicted molar refractivity (Wildman–Crippen MR) is 63.1 cm³/mol. The van der Waals surface area contributed by atoms with Gasteiger partial charge < -0.3 is 10.2 Å². The lowest BCUT2D eigenvalue weighted by Gasteiger charge is -2.20. The molecule has 0 rings (SSSR count). The van der Waals surface area contributed by atoms with Gasteiger partial charge in [-0.1, -0.05) is 48.8 Å². The summed E-state index contributed by atoms with van der Waals surface area (Å²) in [6.45, 7) is 2.14. The Morgan fingerprint density at radius 1 is 1.36 bits per heavy atom. The van der Waals surface area contributed by atoms with Gasteiger partial charge in [0.25, 0.3) is 0 Å². The van der Waals surface area contributed by atoms with Crippen molar-refractivity contribution in [3.8, 4) is 0 Å². The first-order valence-electron chi connectivity index (χ1n) is 3.76. The standard InChI is InChI=1S/C7H14I2O2/c1-2-3-4-5-6(8)7(9,10)11/h6,10-11H,2-5H2,1H3. The van der Waals surface area contributed by atoms with Crippen molar-refractivity contribution < 1.29 is 10.2 Å². The van der Waals surface area contributed by atoms with E-state index < -0.39 is 3.79 Å². The topological polar surface area (TPSA) is 40.5 Å². The fourth-order valence-electron chi connectivity index (χ4n) is 0.757. The zero-order valence-electron chi connectivity index (χ0n) is 6.56. The molecule has 1 atom stereocenters. The number of unbranched alkanes of at least 4 members (excludes halogenated alkanes) is 2. The summed E-state index contributed by atoms with van der Waals surface area (Å²) >= 11 is 3.74. The van der Waals surface area contributed by atoms with Gasteiger partial charge in [0.2, 0.25) is 3.79 Å². The lowest BCUT2D eigenvalue weighted by molar-refractivity contribution is -0.0560. The first-order chi connectivity index (χ1) is 4.98. The minimum atomic E-state index is -1.54. The van der Waals surface area contributed by atoms with Gasteiger partial charge in [-0.15, -0.1) is 0 Å². The van der Waals surface area contributed by atoms with E-state index in [1.807, 2.05) is 0 Å². The molecule has 0 aromatic carbocycles. The molecule has 2 nitrogen and oxygen atoms in total. The quantitative estimate of drug-likeness (QED) is 0.331. The van der Waals surface area contributed by atoms with Crippen LogP contribution in [0.15, 0.2) is 0 Å². The minimum Gasteiger partial charge on any atom is -0.357 e. The summed E-state index contributed by atoms with van der Waals surface area (Å²) in [6, 6.07) is 0. The van der Waals surface area contributed by atoms with Crippen molar-refractivity contribution in [1.29, 1.82) is 0 Å². The highest BCUT2D eigenvalue weighted by atomic mass is 127. The van der Waals surface area contributed by atoms with Gasteiger partial charge in [0.05, 0.1) is 3.92 Å². The summed E-state index contributed by atoms with van der Waals surface area (Å²) < 4.78 is -1.60. The van der Waals surface area contributed by atoms with Crippen LogP contribution in [0.25, 0.3) is 0 Å². The smallest absolute Gasteiger partial charge is 0.228 e. The van der Waals surface area contributed by atoms with E-state index in [9.17, 15) is 0 Å². The van der Waals surface area contributed by atoms with E-state index in [0.29, 0.717) is 0 Å². The van der Waals surface area contributed by atoms with Crippen LogP contribution in [0.3, 0.4) is 0 Å². The highest BCUT2D eigenvalue weighted by Gasteiger charge is 2.27. The summed E-state index contributed by atoms with van der Waals surface area (Å²) in [5.41, 5.74) is 0. The van der Waals surface area contributed by atoms with Gasteiger partial charge in [0.1, 0.15) is 0 Å². The third-order valence-corrected chi connectivity index (χ3v) is 4.89. The second-order valence-electron chi connectivity index (χ2n) is 2.60. The summed E-state index contributed by atoms with van der Waals surface area (Å²) in [4.78, 5) is 0. The number of hydrogen-bond acceptors (Lipinski definition) is 2. The zero-order chi connectivity index (χ0) is 8.91. The number of rotatable bonds is 5. The molecule has 0 radical (unpaired) electrons. The monoisotopic (exact) mass is 384 g/mol. The maximum absolute atomic E-state index is 9.12. The van der Waals surface area contributed by atoms with Gasteiger partial charge in [0, 0.05) is 0 Å². The number of alkyl halides is 2. The molecular weight excluding hydrogens is 370 g/mol. The van der Waals surface area contributed by atoms with Crippen molar-refractivity contribution in [1.82, 2.24) is 0 Å². The molecule has 0 aliphatic rings. The molecular formula is C7H14I2O2. The average Bonchev–Trinajstić information content (AvgIpc) is 1.86. The average molecular weight is 384 g/mol. The second kappa shape index (κ2) is 5.93. The molecule has 2 N–H and O–H groups in total. The van der Waals surface area contributed by atoms with Crippen LogP contribution in [-0.2, 0) is 0 Å². The third kappa shape index (κ3) is 6.53. The Labute approximate surface area is 95.0 Å². The van der Waals surface area contributed by atoms with Crippen LogP contribution in [0, 0.1) is 0 Å². The van der Waals surface area contributed by atoms with Crippen molar-refractivity contribution in [3.63, 3.8) is 0 Å². The SMILES string of the molecule is CCCCCC(I)C(O)(O)I. The molecule has 0 saturated carbocycles. The van der Waals surface area contributed by atoms with Crippen LogP contribution in [0.2, 0.25) is 0 Å². The van der Waals surface area contributed by atoms with Gasteiger partial charge in [-0.2, -0.15) is 0 Å². The largest absolute Gasteiger partial charge is 0.357 e. The van der Waals surface area contributed by atoms with Gasteiger partial charge in [-0.05, 0) is 29.0 Å². The van der Waals surface area contributed by atoms with Crippen molar-refractivity contribution in [2.24, 2.45) is 0 Å². The molecule has 0 aliphatic heterocycles. The van der Waals surface area contributed by atoms with Crippen molar-refractivity contribution in [2.75, 3.05) is 0 Å². The molecule has 0 aliphatic carbocycles. The fourth-order valence-corrected chi connectivity index (χ4v) is 1.51. The zero-order valence-corrected chi connectivity index (χ0v) is 10.9. The van der Waals surface area contributed by atoms with E-state index in [1.54, 1.807) is 22.6 Å². The van der Waals surface area contributed by atoms with E-state index in [0.717, 1.165) is 12.8 Å². The Morgan fingerprint density at radius 2 is 1.91 bits per heavy atom. The molecule has 0 saturated heterocycles. The van der Waals surface area contributed by atoms with Crippen molar-refractivity contribution >= 4 is 45.2 Å². The molecule has 0 spiro atoms. The van der Waals surface area contributed by atoms with Gasteiger partial charge in [-0.25, -0.2) is 0 Å². The van der Waals surface area contributed by atoms with E-state index in [2.05, 4.69) is 29.5 Å². The second-order valence-corrected chi connectivity index (χ2v) is 5.69. The molecule has 0 aromatic rings. The van der Waals surface area contributed by atoms with E-state index in [1.165, 1.54) is 12.8 Å². The summed E-state index contributed by atoms with van der Waals surface area (Å²) in [6.07, 6.45) is 4.31.